The summed E-state index contributed by atoms with van der Waals surface area (Å²) in [5.41, 5.74) is 1.45. The molecule has 0 bridgehead atoms. The number of rotatable bonds is 2. The van der Waals surface area contributed by atoms with Crippen LogP contribution in [0, 0.1) is 6.92 Å². The highest BCUT2D eigenvalue weighted by Gasteiger charge is 2.29. The normalized spacial score (nSPS) is 23.5. The molecule has 1 amide bonds. The molecule has 1 atom stereocenters. The molecule has 1 aromatic heterocycles. The maximum absolute atomic E-state index is 12.7. The molecule has 1 aromatic rings. The van der Waals surface area contributed by atoms with Gasteiger partial charge in [-0.25, -0.2) is 4.98 Å². The maximum Gasteiger partial charge on any atom is 0.254 e. The minimum Gasteiger partial charge on any atom is -0.337 e. The van der Waals surface area contributed by atoms with Gasteiger partial charge in [-0.1, -0.05) is 11.6 Å². The molecule has 0 aliphatic carbocycles. The molecule has 0 saturated carbocycles. The van der Waals surface area contributed by atoms with Crippen LogP contribution >= 0.6 is 11.6 Å². The Hall–Kier alpha value is -1.13. The minimum absolute atomic E-state index is 0.0892. The Labute approximate surface area is 131 Å². The molecule has 114 valence electrons. The molecule has 2 saturated heterocycles. The average Bonchev–Trinajstić information content (AvgIpc) is 3.00. The molecule has 2 aliphatic heterocycles. The van der Waals surface area contributed by atoms with E-state index in [1.165, 1.54) is 32.4 Å². The number of aryl methyl sites for hydroxylation is 1. The first kappa shape index (κ1) is 14.8. The van der Waals surface area contributed by atoms with Crippen LogP contribution in [-0.2, 0) is 0 Å². The standard InChI is InChI=1S/C16H22ClN3O/c1-12-9-13(10-15(17)18-12)16(21)20-8-4-5-14(11-20)19-6-2-3-7-19/h9-10,14H,2-8,11H2,1H3. The lowest BCUT2D eigenvalue weighted by atomic mass is 10.0. The Morgan fingerprint density at radius 1 is 1.24 bits per heavy atom. The van der Waals surface area contributed by atoms with Crippen molar-refractivity contribution < 1.29 is 4.79 Å². The lowest BCUT2D eigenvalue weighted by molar-refractivity contribution is 0.0607. The van der Waals surface area contributed by atoms with Crippen molar-refractivity contribution in [2.24, 2.45) is 0 Å². The average molecular weight is 308 g/mol. The van der Waals surface area contributed by atoms with Crippen LogP contribution in [0.25, 0.3) is 0 Å². The third kappa shape index (κ3) is 3.38. The fourth-order valence-electron chi connectivity index (χ4n) is 3.48. The summed E-state index contributed by atoms with van der Waals surface area (Å²) >= 11 is 5.98. The van der Waals surface area contributed by atoms with Crippen LogP contribution in [0.4, 0.5) is 0 Å². The fourth-order valence-corrected chi connectivity index (χ4v) is 3.73. The highest BCUT2D eigenvalue weighted by Crippen LogP contribution is 2.22. The quantitative estimate of drug-likeness (QED) is 0.788. The van der Waals surface area contributed by atoms with Gasteiger partial charge in [-0.15, -0.1) is 0 Å². The van der Waals surface area contributed by atoms with Crippen molar-refractivity contribution in [2.75, 3.05) is 26.2 Å². The van der Waals surface area contributed by atoms with Crippen LogP contribution < -0.4 is 0 Å². The highest BCUT2D eigenvalue weighted by atomic mass is 35.5. The monoisotopic (exact) mass is 307 g/mol. The number of halogens is 1. The van der Waals surface area contributed by atoms with Crippen LogP contribution in [0.5, 0.6) is 0 Å². The Kier molecular flexibility index (Phi) is 4.45. The number of carbonyl (C=O) groups excluding carboxylic acids is 1. The van der Waals surface area contributed by atoms with Gasteiger partial charge in [0.1, 0.15) is 5.15 Å². The van der Waals surface area contributed by atoms with Gasteiger partial charge >= 0.3 is 0 Å². The van der Waals surface area contributed by atoms with Gasteiger partial charge in [-0.05, 0) is 57.8 Å². The lowest BCUT2D eigenvalue weighted by Gasteiger charge is -2.37. The predicted octanol–water partition coefficient (Wildman–Crippen LogP) is 2.74. The van der Waals surface area contributed by atoms with E-state index in [-0.39, 0.29) is 5.91 Å². The van der Waals surface area contributed by atoms with Crippen molar-refractivity contribution >= 4 is 17.5 Å². The second-order valence-corrected chi connectivity index (χ2v) is 6.50. The highest BCUT2D eigenvalue weighted by molar-refractivity contribution is 6.29. The molecule has 5 heteroatoms. The molecule has 2 fully saturated rings. The van der Waals surface area contributed by atoms with Crippen molar-refractivity contribution in [1.29, 1.82) is 0 Å². The number of amides is 1. The summed E-state index contributed by atoms with van der Waals surface area (Å²) in [5, 5.41) is 0.395. The number of nitrogens with zero attached hydrogens (tertiary/aromatic N) is 3. The zero-order valence-electron chi connectivity index (χ0n) is 12.5. The van der Waals surface area contributed by atoms with E-state index < -0.39 is 0 Å². The molecule has 3 heterocycles. The first-order chi connectivity index (χ1) is 10.1. The van der Waals surface area contributed by atoms with E-state index in [4.69, 9.17) is 11.6 Å². The number of piperidine rings is 1. The van der Waals surface area contributed by atoms with Crippen molar-refractivity contribution in [2.45, 2.75) is 38.6 Å². The molecule has 0 spiro atoms. The van der Waals surface area contributed by atoms with E-state index in [0.29, 0.717) is 16.8 Å². The number of hydrogen-bond acceptors (Lipinski definition) is 3. The summed E-state index contributed by atoms with van der Waals surface area (Å²) in [5.74, 6) is 0.0892. The van der Waals surface area contributed by atoms with E-state index in [9.17, 15) is 4.79 Å². The summed E-state index contributed by atoms with van der Waals surface area (Å²) in [6.07, 6.45) is 4.89. The molecule has 0 N–H and O–H groups in total. The van der Waals surface area contributed by atoms with Gasteiger partial charge < -0.3 is 4.90 Å². The molecule has 4 nitrogen and oxygen atoms in total. The number of carbonyl (C=O) groups is 1. The number of likely N-dealkylation sites (tertiary alicyclic amines) is 2. The lowest BCUT2D eigenvalue weighted by Crippen LogP contribution is -2.49. The van der Waals surface area contributed by atoms with Gasteiger partial charge in [-0.3, -0.25) is 9.69 Å². The van der Waals surface area contributed by atoms with Crippen molar-refractivity contribution in [3.63, 3.8) is 0 Å². The van der Waals surface area contributed by atoms with Crippen LogP contribution in [-0.4, -0.2) is 52.9 Å². The molecule has 1 unspecified atom stereocenters. The topological polar surface area (TPSA) is 36.4 Å². The van der Waals surface area contributed by atoms with Crippen LogP contribution in [0.2, 0.25) is 5.15 Å². The third-order valence-electron chi connectivity index (χ3n) is 4.51. The number of hydrogen-bond donors (Lipinski definition) is 0. The molecular formula is C16H22ClN3O. The van der Waals surface area contributed by atoms with Gasteiger partial charge in [0.2, 0.25) is 0 Å². The second-order valence-electron chi connectivity index (χ2n) is 6.11. The summed E-state index contributed by atoms with van der Waals surface area (Å²) in [6.45, 7) is 5.94. The molecule has 3 rings (SSSR count). The van der Waals surface area contributed by atoms with Crippen molar-refractivity contribution in [3.05, 3.63) is 28.5 Å². The first-order valence-electron chi connectivity index (χ1n) is 7.81. The largest absolute Gasteiger partial charge is 0.337 e. The summed E-state index contributed by atoms with van der Waals surface area (Å²) in [6, 6.07) is 4.04. The maximum atomic E-state index is 12.7. The van der Waals surface area contributed by atoms with Gasteiger partial charge in [0, 0.05) is 30.4 Å². The van der Waals surface area contributed by atoms with E-state index in [2.05, 4.69) is 9.88 Å². The van der Waals surface area contributed by atoms with Crippen LogP contribution in [0.15, 0.2) is 12.1 Å². The zero-order valence-corrected chi connectivity index (χ0v) is 13.3. The second kappa shape index (κ2) is 6.32. The molecular weight excluding hydrogens is 286 g/mol. The Bertz CT molecular complexity index is 508. The third-order valence-corrected chi connectivity index (χ3v) is 4.70. The fraction of sp³-hybridized carbons (Fsp3) is 0.625. The van der Waals surface area contributed by atoms with Crippen LogP contribution in [0.3, 0.4) is 0 Å². The van der Waals surface area contributed by atoms with Crippen molar-refractivity contribution in [3.8, 4) is 0 Å². The Morgan fingerprint density at radius 2 is 2.00 bits per heavy atom. The molecule has 21 heavy (non-hydrogen) atoms. The van der Waals surface area contributed by atoms with Gasteiger partial charge in [-0.2, -0.15) is 0 Å². The van der Waals surface area contributed by atoms with Gasteiger partial charge in [0.25, 0.3) is 5.91 Å². The predicted molar refractivity (Wildman–Crippen MR) is 83.7 cm³/mol. The van der Waals surface area contributed by atoms with Gasteiger partial charge in [0.15, 0.2) is 0 Å². The summed E-state index contributed by atoms with van der Waals surface area (Å²) in [7, 11) is 0. The molecule has 2 aliphatic rings. The molecule has 0 radical (unpaired) electrons. The van der Waals surface area contributed by atoms with Gasteiger partial charge in [0.05, 0.1) is 0 Å². The first-order valence-corrected chi connectivity index (χ1v) is 8.19. The number of pyridine rings is 1. The van der Waals surface area contributed by atoms with E-state index >= 15 is 0 Å². The summed E-state index contributed by atoms with van der Waals surface area (Å²) < 4.78 is 0. The smallest absolute Gasteiger partial charge is 0.254 e. The minimum atomic E-state index is 0.0892. The molecule has 0 aromatic carbocycles. The SMILES string of the molecule is Cc1cc(C(=O)N2CCCC(N3CCCC3)C2)cc(Cl)n1. The van der Waals surface area contributed by atoms with E-state index in [1.54, 1.807) is 6.07 Å². The van der Waals surface area contributed by atoms with E-state index in [0.717, 1.165) is 25.2 Å². The summed E-state index contributed by atoms with van der Waals surface area (Å²) in [4.78, 5) is 21.3. The Morgan fingerprint density at radius 3 is 2.71 bits per heavy atom. The number of aromatic nitrogens is 1. The van der Waals surface area contributed by atoms with Crippen molar-refractivity contribution in [1.82, 2.24) is 14.8 Å². The zero-order chi connectivity index (χ0) is 14.8. The van der Waals surface area contributed by atoms with E-state index in [1.807, 2.05) is 17.9 Å². The Balaban J connectivity index is 1.71. The van der Waals surface area contributed by atoms with Crippen LogP contribution in [0.1, 0.15) is 41.7 Å².